The predicted octanol–water partition coefficient (Wildman–Crippen LogP) is 1.93. The van der Waals surface area contributed by atoms with Crippen molar-refractivity contribution >= 4 is 15.9 Å². The number of benzene rings is 1. The molecule has 6 nitrogen and oxygen atoms in total. The average Bonchev–Trinajstić information content (AvgIpc) is 3.15. The van der Waals surface area contributed by atoms with Gasteiger partial charge in [0.2, 0.25) is 10.0 Å². The lowest BCUT2D eigenvalue weighted by Gasteiger charge is -2.24. The molecule has 1 unspecified atom stereocenters. The standard InChI is InChI=1S/C18H29N3O3S/c1-4-12-21(13-5-2)25(23,24)17-8-6-15(7-9-17)18(22)20(3)16-10-11-19-14-16/h6-9,16,19H,4-5,10-14H2,1-3H3. The zero-order valence-corrected chi connectivity index (χ0v) is 16.2. The normalized spacial score (nSPS) is 17.8. The Balaban J connectivity index is 2.16. The molecular formula is C18H29N3O3S. The number of amides is 1. The Kier molecular flexibility index (Phi) is 6.98. The summed E-state index contributed by atoms with van der Waals surface area (Å²) in [5.41, 5.74) is 0.519. The fourth-order valence-corrected chi connectivity index (χ4v) is 4.73. The van der Waals surface area contributed by atoms with Crippen molar-refractivity contribution < 1.29 is 13.2 Å². The van der Waals surface area contributed by atoms with E-state index >= 15 is 0 Å². The highest BCUT2D eigenvalue weighted by molar-refractivity contribution is 7.89. The highest BCUT2D eigenvalue weighted by Gasteiger charge is 2.26. The number of carbonyl (C=O) groups is 1. The van der Waals surface area contributed by atoms with E-state index in [1.165, 1.54) is 4.31 Å². The summed E-state index contributed by atoms with van der Waals surface area (Å²) in [7, 11) is -1.70. The lowest BCUT2D eigenvalue weighted by molar-refractivity contribution is 0.0743. The van der Waals surface area contributed by atoms with Crippen molar-refractivity contribution in [3.8, 4) is 0 Å². The number of likely N-dealkylation sites (N-methyl/N-ethyl adjacent to an activating group) is 1. The summed E-state index contributed by atoms with van der Waals surface area (Å²) in [5, 5.41) is 3.25. The van der Waals surface area contributed by atoms with Gasteiger partial charge in [0.1, 0.15) is 0 Å². The van der Waals surface area contributed by atoms with Crippen molar-refractivity contribution in [2.45, 2.75) is 44.0 Å². The lowest BCUT2D eigenvalue weighted by atomic mass is 10.1. The van der Waals surface area contributed by atoms with E-state index < -0.39 is 10.0 Å². The van der Waals surface area contributed by atoms with E-state index in [0.717, 1.165) is 32.4 Å². The molecule has 1 amide bonds. The Morgan fingerprint density at radius 1 is 1.16 bits per heavy atom. The number of hydrogen-bond acceptors (Lipinski definition) is 4. The number of nitrogens with zero attached hydrogens (tertiary/aromatic N) is 2. The monoisotopic (exact) mass is 367 g/mol. The molecule has 1 fully saturated rings. The van der Waals surface area contributed by atoms with Crippen LogP contribution in [0.25, 0.3) is 0 Å². The van der Waals surface area contributed by atoms with Gasteiger partial charge in [0.05, 0.1) is 4.90 Å². The van der Waals surface area contributed by atoms with Crippen LogP contribution in [0.15, 0.2) is 29.2 Å². The zero-order valence-electron chi connectivity index (χ0n) is 15.4. The summed E-state index contributed by atoms with van der Waals surface area (Å²) in [6.45, 7) is 6.67. The molecule has 1 atom stereocenters. The molecule has 1 aromatic rings. The number of nitrogens with one attached hydrogen (secondary N) is 1. The van der Waals surface area contributed by atoms with Crippen molar-refractivity contribution in [1.29, 1.82) is 0 Å². The molecule has 0 spiro atoms. The second kappa shape index (κ2) is 8.78. The first kappa shape index (κ1) is 19.9. The molecular weight excluding hydrogens is 338 g/mol. The second-order valence-electron chi connectivity index (χ2n) is 6.49. The molecule has 140 valence electrons. The smallest absolute Gasteiger partial charge is 0.253 e. The van der Waals surface area contributed by atoms with Crippen LogP contribution in [-0.2, 0) is 10.0 Å². The van der Waals surface area contributed by atoms with Gasteiger partial charge in [0, 0.05) is 38.3 Å². The summed E-state index contributed by atoms with van der Waals surface area (Å²) in [5.74, 6) is -0.0726. The van der Waals surface area contributed by atoms with Crippen LogP contribution in [0.2, 0.25) is 0 Å². The van der Waals surface area contributed by atoms with Gasteiger partial charge in [-0.2, -0.15) is 4.31 Å². The number of carbonyl (C=O) groups excluding carboxylic acids is 1. The Morgan fingerprint density at radius 2 is 1.76 bits per heavy atom. The Bertz CT molecular complexity index is 661. The maximum atomic E-state index is 12.8. The van der Waals surface area contributed by atoms with Gasteiger partial charge in [-0.15, -0.1) is 0 Å². The zero-order chi connectivity index (χ0) is 18.4. The van der Waals surface area contributed by atoms with Crippen LogP contribution in [-0.4, -0.2) is 62.8 Å². The van der Waals surface area contributed by atoms with Crippen LogP contribution in [0, 0.1) is 0 Å². The van der Waals surface area contributed by atoms with E-state index in [-0.39, 0.29) is 16.8 Å². The second-order valence-corrected chi connectivity index (χ2v) is 8.43. The van der Waals surface area contributed by atoms with Gasteiger partial charge in [-0.1, -0.05) is 13.8 Å². The SMILES string of the molecule is CCCN(CCC)S(=O)(=O)c1ccc(C(=O)N(C)C2CCNC2)cc1. The van der Waals surface area contributed by atoms with E-state index in [1.54, 1.807) is 36.2 Å². The van der Waals surface area contributed by atoms with E-state index in [2.05, 4.69) is 5.32 Å². The molecule has 1 aromatic carbocycles. The molecule has 0 aromatic heterocycles. The molecule has 1 aliphatic rings. The van der Waals surface area contributed by atoms with E-state index in [9.17, 15) is 13.2 Å². The highest BCUT2D eigenvalue weighted by atomic mass is 32.2. The van der Waals surface area contributed by atoms with Crippen LogP contribution in [0.3, 0.4) is 0 Å². The third-order valence-electron chi connectivity index (χ3n) is 4.59. The summed E-state index contributed by atoms with van der Waals surface area (Å²) in [6, 6.07) is 6.51. The largest absolute Gasteiger partial charge is 0.337 e. The predicted molar refractivity (Wildman–Crippen MR) is 99.2 cm³/mol. The van der Waals surface area contributed by atoms with Crippen molar-refractivity contribution in [2.75, 3.05) is 33.2 Å². The number of hydrogen-bond donors (Lipinski definition) is 1. The third kappa shape index (κ3) is 4.59. The van der Waals surface area contributed by atoms with E-state index in [1.807, 2.05) is 13.8 Å². The molecule has 1 heterocycles. The van der Waals surface area contributed by atoms with Crippen LogP contribution in [0.4, 0.5) is 0 Å². The minimum Gasteiger partial charge on any atom is -0.337 e. The maximum absolute atomic E-state index is 12.8. The van der Waals surface area contributed by atoms with Crippen LogP contribution < -0.4 is 5.32 Å². The first-order valence-corrected chi connectivity index (χ1v) is 10.4. The first-order valence-electron chi connectivity index (χ1n) is 8.99. The minimum absolute atomic E-state index is 0.0726. The van der Waals surface area contributed by atoms with Gasteiger partial charge in [0.15, 0.2) is 0 Å². The Hall–Kier alpha value is -1.44. The molecule has 1 aliphatic heterocycles. The first-order chi connectivity index (χ1) is 11.9. The minimum atomic E-state index is -3.51. The van der Waals surface area contributed by atoms with Gasteiger partial charge in [-0.25, -0.2) is 8.42 Å². The molecule has 25 heavy (non-hydrogen) atoms. The summed E-state index contributed by atoms with van der Waals surface area (Å²) >= 11 is 0. The van der Waals surface area contributed by atoms with Crippen LogP contribution in [0.5, 0.6) is 0 Å². The maximum Gasteiger partial charge on any atom is 0.253 e. The molecule has 0 radical (unpaired) electrons. The van der Waals surface area contributed by atoms with Crippen molar-refractivity contribution in [3.05, 3.63) is 29.8 Å². The van der Waals surface area contributed by atoms with Gasteiger partial charge >= 0.3 is 0 Å². The number of rotatable bonds is 8. The van der Waals surface area contributed by atoms with Crippen molar-refractivity contribution in [2.24, 2.45) is 0 Å². The summed E-state index contributed by atoms with van der Waals surface area (Å²) < 4.78 is 27.0. The Labute approximate surface area is 151 Å². The summed E-state index contributed by atoms with van der Waals surface area (Å²) in [6.07, 6.45) is 2.49. The quantitative estimate of drug-likeness (QED) is 0.762. The number of sulfonamides is 1. The molecule has 0 saturated carbocycles. The molecule has 1 N–H and O–H groups in total. The van der Waals surface area contributed by atoms with Gasteiger partial charge in [0.25, 0.3) is 5.91 Å². The highest BCUT2D eigenvalue weighted by Crippen LogP contribution is 2.19. The Morgan fingerprint density at radius 3 is 2.24 bits per heavy atom. The van der Waals surface area contributed by atoms with E-state index in [0.29, 0.717) is 18.7 Å². The molecule has 1 saturated heterocycles. The average molecular weight is 368 g/mol. The van der Waals surface area contributed by atoms with Crippen molar-refractivity contribution in [3.63, 3.8) is 0 Å². The van der Waals surface area contributed by atoms with E-state index in [4.69, 9.17) is 0 Å². The van der Waals surface area contributed by atoms with Crippen molar-refractivity contribution in [1.82, 2.24) is 14.5 Å². The molecule has 0 aliphatic carbocycles. The fourth-order valence-electron chi connectivity index (χ4n) is 3.11. The molecule has 7 heteroatoms. The topological polar surface area (TPSA) is 69.7 Å². The van der Waals surface area contributed by atoms with Crippen LogP contribution in [0.1, 0.15) is 43.5 Å². The third-order valence-corrected chi connectivity index (χ3v) is 6.50. The fraction of sp³-hybridized carbons (Fsp3) is 0.611. The van der Waals surface area contributed by atoms with Gasteiger partial charge < -0.3 is 10.2 Å². The van der Waals surface area contributed by atoms with Gasteiger partial charge in [-0.3, -0.25) is 4.79 Å². The molecule has 0 bridgehead atoms. The molecule has 2 rings (SSSR count). The van der Waals surface area contributed by atoms with Crippen LogP contribution >= 0.6 is 0 Å². The van der Waals surface area contributed by atoms with Gasteiger partial charge in [-0.05, 0) is 50.1 Å². The lowest BCUT2D eigenvalue weighted by Crippen LogP contribution is -2.38. The summed E-state index contributed by atoms with van der Waals surface area (Å²) in [4.78, 5) is 14.6.